The van der Waals surface area contributed by atoms with Gasteiger partial charge >= 0.3 is 6.03 Å². The molecule has 4 amide bonds. The number of carbonyl (C=O) groups excluding carboxylic acids is 3. The molecule has 7 heteroatoms. The summed E-state index contributed by atoms with van der Waals surface area (Å²) in [6.45, 7) is 2.08. The van der Waals surface area contributed by atoms with Gasteiger partial charge in [0, 0.05) is 18.8 Å². The van der Waals surface area contributed by atoms with Gasteiger partial charge in [-0.2, -0.15) is 0 Å². The maximum atomic E-state index is 12.9. The summed E-state index contributed by atoms with van der Waals surface area (Å²) < 4.78 is 5.10. The fourth-order valence-corrected chi connectivity index (χ4v) is 3.55. The van der Waals surface area contributed by atoms with Gasteiger partial charge in [-0.1, -0.05) is 12.1 Å². The normalized spacial score (nSPS) is 18.4. The van der Waals surface area contributed by atoms with Crippen molar-refractivity contribution in [2.24, 2.45) is 0 Å². The maximum Gasteiger partial charge on any atom is 0.335 e. The van der Waals surface area contributed by atoms with Crippen LogP contribution in [0.15, 0.2) is 54.1 Å². The van der Waals surface area contributed by atoms with Crippen LogP contribution in [0, 0.1) is 0 Å². The van der Waals surface area contributed by atoms with E-state index in [1.54, 1.807) is 24.3 Å². The molecule has 0 unspecified atom stereocenters. The van der Waals surface area contributed by atoms with E-state index in [1.807, 2.05) is 24.3 Å². The third-order valence-electron chi connectivity index (χ3n) is 5.11. The fraction of sp³-hybridized carbons (Fsp3) is 0.227. The third kappa shape index (κ3) is 3.71. The van der Waals surface area contributed by atoms with Crippen LogP contribution in [0.3, 0.4) is 0 Å². The highest BCUT2D eigenvalue weighted by Gasteiger charge is 2.36. The van der Waals surface area contributed by atoms with Crippen molar-refractivity contribution in [3.8, 4) is 5.75 Å². The summed E-state index contributed by atoms with van der Waals surface area (Å²) >= 11 is 0. The Kier molecular flexibility index (Phi) is 5.03. The molecule has 7 nitrogen and oxygen atoms in total. The molecule has 0 bridgehead atoms. The smallest absolute Gasteiger partial charge is 0.335 e. The van der Waals surface area contributed by atoms with Crippen LogP contribution in [0.1, 0.15) is 18.4 Å². The van der Waals surface area contributed by atoms with Crippen LogP contribution in [0.25, 0.3) is 6.08 Å². The van der Waals surface area contributed by atoms with Crippen molar-refractivity contribution < 1.29 is 19.1 Å². The van der Waals surface area contributed by atoms with Gasteiger partial charge in [-0.25, -0.2) is 9.69 Å². The zero-order chi connectivity index (χ0) is 20.4. The number of rotatable bonds is 4. The SMILES string of the molecule is COc1ccc(N2C(=O)NC(=O)/C(=C\c3ccc(N4CCCC4)cc3)C2=O)cc1. The first-order valence-electron chi connectivity index (χ1n) is 9.47. The van der Waals surface area contributed by atoms with Crippen LogP contribution >= 0.6 is 0 Å². The molecule has 2 fully saturated rings. The van der Waals surface area contributed by atoms with Crippen molar-refractivity contribution in [2.45, 2.75) is 12.8 Å². The Morgan fingerprint density at radius 3 is 2.14 bits per heavy atom. The van der Waals surface area contributed by atoms with Gasteiger partial charge in [0.1, 0.15) is 11.3 Å². The number of benzene rings is 2. The summed E-state index contributed by atoms with van der Waals surface area (Å²) in [5, 5.41) is 2.23. The van der Waals surface area contributed by atoms with Crippen LogP contribution in [-0.2, 0) is 9.59 Å². The van der Waals surface area contributed by atoms with Gasteiger partial charge in [0.2, 0.25) is 0 Å². The molecular formula is C22H21N3O4. The number of barbiturate groups is 1. The number of nitrogens with zero attached hydrogens (tertiary/aromatic N) is 2. The summed E-state index contributed by atoms with van der Waals surface area (Å²) in [5.74, 6) is -0.760. The van der Waals surface area contributed by atoms with Crippen molar-refractivity contribution in [1.29, 1.82) is 0 Å². The van der Waals surface area contributed by atoms with Crippen LogP contribution in [0.5, 0.6) is 5.75 Å². The fourth-order valence-electron chi connectivity index (χ4n) is 3.55. The molecule has 148 valence electrons. The van der Waals surface area contributed by atoms with Gasteiger partial charge in [-0.05, 0) is 60.9 Å². The molecule has 1 N–H and O–H groups in total. The van der Waals surface area contributed by atoms with Crippen LogP contribution in [0.4, 0.5) is 16.2 Å². The molecule has 0 atom stereocenters. The number of ether oxygens (including phenoxy) is 1. The van der Waals surface area contributed by atoms with Gasteiger partial charge < -0.3 is 9.64 Å². The van der Waals surface area contributed by atoms with E-state index in [-0.39, 0.29) is 5.57 Å². The quantitative estimate of drug-likeness (QED) is 0.640. The van der Waals surface area contributed by atoms with E-state index in [1.165, 1.54) is 26.0 Å². The van der Waals surface area contributed by atoms with Gasteiger partial charge in [-0.15, -0.1) is 0 Å². The number of nitrogens with one attached hydrogen (secondary N) is 1. The van der Waals surface area contributed by atoms with E-state index >= 15 is 0 Å². The van der Waals surface area contributed by atoms with E-state index in [9.17, 15) is 14.4 Å². The number of urea groups is 1. The lowest BCUT2D eigenvalue weighted by Crippen LogP contribution is -2.54. The molecule has 29 heavy (non-hydrogen) atoms. The molecule has 0 aliphatic carbocycles. The Hall–Kier alpha value is -3.61. The van der Waals surface area contributed by atoms with Gasteiger partial charge in [0.05, 0.1) is 12.8 Å². The highest BCUT2D eigenvalue weighted by Crippen LogP contribution is 2.25. The second-order valence-electron chi connectivity index (χ2n) is 6.94. The van der Waals surface area contributed by atoms with Crippen LogP contribution < -0.4 is 19.9 Å². The average Bonchev–Trinajstić information content (AvgIpc) is 3.27. The topological polar surface area (TPSA) is 79.0 Å². The highest BCUT2D eigenvalue weighted by molar-refractivity contribution is 6.39. The molecule has 0 spiro atoms. The number of imide groups is 2. The molecule has 0 aromatic heterocycles. The molecule has 2 aliphatic rings. The number of anilines is 2. The van der Waals surface area contributed by atoms with E-state index in [4.69, 9.17) is 4.74 Å². The Morgan fingerprint density at radius 1 is 0.897 bits per heavy atom. The largest absolute Gasteiger partial charge is 0.497 e. The zero-order valence-electron chi connectivity index (χ0n) is 16.1. The van der Waals surface area contributed by atoms with Crippen LogP contribution in [-0.4, -0.2) is 38.0 Å². The molecule has 2 saturated heterocycles. The Bertz CT molecular complexity index is 974. The molecule has 2 aromatic carbocycles. The molecule has 2 aliphatic heterocycles. The van der Waals surface area contributed by atoms with Gasteiger partial charge in [0.15, 0.2) is 0 Å². The maximum absolute atomic E-state index is 12.9. The monoisotopic (exact) mass is 391 g/mol. The van der Waals surface area contributed by atoms with Gasteiger partial charge in [0.25, 0.3) is 11.8 Å². The van der Waals surface area contributed by atoms with Crippen molar-refractivity contribution >= 4 is 35.3 Å². The summed E-state index contributed by atoms with van der Waals surface area (Å²) in [6, 6.07) is 13.4. The summed E-state index contributed by atoms with van der Waals surface area (Å²) in [5.41, 5.74) is 2.11. The summed E-state index contributed by atoms with van der Waals surface area (Å²) in [6.07, 6.45) is 3.89. The minimum atomic E-state index is -0.772. The Morgan fingerprint density at radius 2 is 1.52 bits per heavy atom. The number of hydrogen-bond acceptors (Lipinski definition) is 5. The van der Waals surface area contributed by atoms with Crippen molar-refractivity contribution in [3.05, 3.63) is 59.7 Å². The van der Waals surface area contributed by atoms with Crippen LogP contribution in [0.2, 0.25) is 0 Å². The second kappa shape index (κ2) is 7.79. The lowest BCUT2D eigenvalue weighted by molar-refractivity contribution is -0.122. The summed E-state index contributed by atoms with van der Waals surface area (Å²) in [4.78, 5) is 40.7. The number of methoxy groups -OCH3 is 1. The lowest BCUT2D eigenvalue weighted by Gasteiger charge is -2.26. The molecule has 2 heterocycles. The predicted molar refractivity (Wildman–Crippen MR) is 110 cm³/mol. The van der Waals surface area contributed by atoms with Crippen molar-refractivity contribution in [1.82, 2.24) is 5.32 Å². The van der Waals surface area contributed by atoms with E-state index in [2.05, 4.69) is 10.2 Å². The molecule has 4 rings (SSSR count). The first-order chi connectivity index (χ1) is 14.1. The molecular weight excluding hydrogens is 370 g/mol. The first kappa shape index (κ1) is 18.7. The lowest BCUT2D eigenvalue weighted by atomic mass is 10.1. The first-order valence-corrected chi connectivity index (χ1v) is 9.47. The average molecular weight is 391 g/mol. The molecule has 2 aromatic rings. The Balaban J connectivity index is 1.60. The van der Waals surface area contributed by atoms with E-state index in [0.717, 1.165) is 29.2 Å². The third-order valence-corrected chi connectivity index (χ3v) is 5.11. The Labute approximate surface area is 168 Å². The van der Waals surface area contributed by atoms with E-state index in [0.29, 0.717) is 11.4 Å². The number of amides is 4. The standard InChI is InChI=1S/C22H21N3O4/c1-29-18-10-8-17(9-11-18)25-21(27)19(20(26)23-22(25)28)14-15-4-6-16(7-5-15)24-12-2-3-13-24/h4-11,14H,2-3,12-13H2,1H3,(H,23,26,28)/b19-14+. The number of carbonyl (C=O) groups is 3. The van der Waals surface area contributed by atoms with Gasteiger partial charge in [-0.3, -0.25) is 14.9 Å². The minimum Gasteiger partial charge on any atom is -0.497 e. The summed E-state index contributed by atoms with van der Waals surface area (Å²) in [7, 11) is 1.53. The van der Waals surface area contributed by atoms with Crippen molar-refractivity contribution in [2.75, 3.05) is 30.0 Å². The van der Waals surface area contributed by atoms with E-state index < -0.39 is 17.8 Å². The molecule has 0 saturated carbocycles. The highest BCUT2D eigenvalue weighted by atomic mass is 16.5. The molecule has 0 radical (unpaired) electrons. The number of hydrogen-bond donors (Lipinski definition) is 1. The minimum absolute atomic E-state index is 0.0886. The van der Waals surface area contributed by atoms with Crippen molar-refractivity contribution in [3.63, 3.8) is 0 Å². The second-order valence-corrected chi connectivity index (χ2v) is 6.94. The predicted octanol–water partition coefficient (Wildman–Crippen LogP) is 2.96. The zero-order valence-corrected chi connectivity index (χ0v) is 16.1.